The van der Waals surface area contributed by atoms with Gasteiger partial charge in [0, 0.05) is 12.5 Å². The second-order valence-electron chi connectivity index (χ2n) is 5.09. The molecule has 0 aliphatic rings. The lowest BCUT2D eigenvalue weighted by Gasteiger charge is -2.09. The fourth-order valence-electron chi connectivity index (χ4n) is 1.97. The molecule has 2 aromatic rings. The highest BCUT2D eigenvalue weighted by Gasteiger charge is 2.09. The van der Waals surface area contributed by atoms with E-state index in [0.29, 0.717) is 5.89 Å². The molecule has 1 atom stereocenters. The first-order valence-corrected chi connectivity index (χ1v) is 7.86. The van der Waals surface area contributed by atoms with Crippen LogP contribution in [0.25, 0.3) is 0 Å². The third kappa shape index (κ3) is 4.82. The monoisotopic (exact) mass is 353 g/mol. The predicted molar refractivity (Wildman–Crippen MR) is 84.1 cm³/mol. The van der Waals surface area contributed by atoms with Gasteiger partial charge in [0.25, 0.3) is 5.89 Å². The lowest BCUT2D eigenvalue weighted by Crippen LogP contribution is -2.17. The minimum atomic E-state index is 0.138. The summed E-state index contributed by atoms with van der Waals surface area (Å²) < 4.78 is 11.7. The van der Waals surface area contributed by atoms with Gasteiger partial charge in [0.15, 0.2) is 12.4 Å². The topological polar surface area (TPSA) is 74.2 Å². The Morgan fingerprint density at radius 2 is 2.24 bits per heavy atom. The molecule has 2 rings (SSSR count). The third-order valence-electron chi connectivity index (χ3n) is 2.89. The van der Waals surface area contributed by atoms with Gasteiger partial charge in [-0.3, -0.25) is 0 Å². The Kier molecular flexibility index (Phi) is 5.76. The number of halogens is 1. The van der Waals surface area contributed by atoms with Crippen molar-refractivity contribution in [1.82, 2.24) is 10.1 Å². The molecule has 5 nitrogen and oxygen atoms in total. The molecule has 0 amide bonds. The maximum Gasteiger partial charge on any atom is 0.264 e. The molecule has 1 heterocycles. The lowest BCUT2D eigenvalue weighted by molar-refractivity contribution is 0.241. The van der Waals surface area contributed by atoms with E-state index in [0.717, 1.165) is 35.3 Å². The number of nitrogens with zero attached hydrogens (tertiary/aromatic N) is 2. The van der Waals surface area contributed by atoms with E-state index in [1.54, 1.807) is 0 Å². The lowest BCUT2D eigenvalue weighted by atomic mass is 10.1. The third-order valence-corrected chi connectivity index (χ3v) is 3.51. The van der Waals surface area contributed by atoms with E-state index in [4.69, 9.17) is 15.0 Å². The SMILES string of the molecule is CCCc1noc(COc2ccc(CC(C)N)cc2Br)n1. The van der Waals surface area contributed by atoms with Crippen LogP contribution in [-0.4, -0.2) is 16.2 Å². The number of rotatable bonds is 7. The highest BCUT2D eigenvalue weighted by atomic mass is 79.9. The smallest absolute Gasteiger partial charge is 0.264 e. The number of hydrogen-bond acceptors (Lipinski definition) is 5. The molecule has 6 heteroatoms. The maximum atomic E-state index is 5.80. The largest absolute Gasteiger partial charge is 0.483 e. The fourth-order valence-corrected chi connectivity index (χ4v) is 2.51. The van der Waals surface area contributed by atoms with Gasteiger partial charge in [-0.05, 0) is 53.4 Å². The first kappa shape index (κ1) is 16.0. The van der Waals surface area contributed by atoms with Gasteiger partial charge in [-0.25, -0.2) is 0 Å². The molecule has 0 spiro atoms. The highest BCUT2D eigenvalue weighted by molar-refractivity contribution is 9.10. The van der Waals surface area contributed by atoms with Crippen molar-refractivity contribution >= 4 is 15.9 Å². The van der Waals surface area contributed by atoms with Crippen molar-refractivity contribution in [3.05, 3.63) is 40.0 Å². The number of ether oxygens (including phenoxy) is 1. The standard InChI is InChI=1S/C15H20BrN3O2/c1-3-4-14-18-15(21-19-14)9-20-13-6-5-11(7-10(2)17)8-12(13)16/h5-6,8,10H,3-4,7,9,17H2,1-2H3. The highest BCUT2D eigenvalue weighted by Crippen LogP contribution is 2.27. The van der Waals surface area contributed by atoms with Crippen LogP contribution in [0.4, 0.5) is 0 Å². The van der Waals surface area contributed by atoms with Gasteiger partial charge in [0.05, 0.1) is 4.47 Å². The Labute approximate surface area is 133 Å². The van der Waals surface area contributed by atoms with E-state index >= 15 is 0 Å². The zero-order chi connectivity index (χ0) is 15.2. The summed E-state index contributed by atoms with van der Waals surface area (Å²) in [4.78, 5) is 4.27. The van der Waals surface area contributed by atoms with Crippen LogP contribution in [-0.2, 0) is 19.4 Å². The molecule has 0 aliphatic carbocycles. The molecule has 0 fully saturated rings. The summed E-state index contributed by atoms with van der Waals surface area (Å²) in [7, 11) is 0. The number of aromatic nitrogens is 2. The Balaban J connectivity index is 1.96. The van der Waals surface area contributed by atoms with E-state index in [-0.39, 0.29) is 12.6 Å². The summed E-state index contributed by atoms with van der Waals surface area (Å²) >= 11 is 3.51. The molecule has 2 N–H and O–H groups in total. The average molecular weight is 354 g/mol. The summed E-state index contributed by atoms with van der Waals surface area (Å²) in [6.07, 6.45) is 2.65. The van der Waals surface area contributed by atoms with Crippen molar-refractivity contribution in [3.63, 3.8) is 0 Å². The van der Waals surface area contributed by atoms with Crippen molar-refractivity contribution in [2.24, 2.45) is 5.73 Å². The van der Waals surface area contributed by atoms with Crippen molar-refractivity contribution < 1.29 is 9.26 Å². The number of nitrogens with two attached hydrogens (primary N) is 1. The molecule has 0 saturated heterocycles. The minimum Gasteiger partial charge on any atom is -0.483 e. The minimum absolute atomic E-state index is 0.138. The van der Waals surface area contributed by atoms with Crippen molar-refractivity contribution in [1.29, 1.82) is 0 Å². The zero-order valence-electron chi connectivity index (χ0n) is 12.3. The molecule has 114 valence electrons. The molecule has 0 aliphatic heterocycles. The van der Waals surface area contributed by atoms with Gasteiger partial charge >= 0.3 is 0 Å². The zero-order valence-corrected chi connectivity index (χ0v) is 13.9. The van der Waals surface area contributed by atoms with Crippen LogP contribution in [0.15, 0.2) is 27.2 Å². The van der Waals surface area contributed by atoms with E-state index in [1.807, 2.05) is 25.1 Å². The average Bonchev–Trinajstić information content (AvgIpc) is 2.85. The Morgan fingerprint density at radius 1 is 1.43 bits per heavy atom. The van der Waals surface area contributed by atoms with E-state index in [9.17, 15) is 0 Å². The van der Waals surface area contributed by atoms with Crippen LogP contribution in [0.2, 0.25) is 0 Å². The van der Waals surface area contributed by atoms with Gasteiger partial charge in [0.2, 0.25) is 0 Å². The van der Waals surface area contributed by atoms with Gasteiger partial charge in [0.1, 0.15) is 5.75 Å². The van der Waals surface area contributed by atoms with Gasteiger partial charge < -0.3 is 15.0 Å². The van der Waals surface area contributed by atoms with Crippen LogP contribution >= 0.6 is 15.9 Å². The Morgan fingerprint density at radius 3 is 2.90 bits per heavy atom. The van der Waals surface area contributed by atoms with Crippen LogP contribution < -0.4 is 10.5 Å². The second kappa shape index (κ2) is 7.56. The Hall–Kier alpha value is -1.40. The summed E-state index contributed by atoms with van der Waals surface area (Å²) in [5.41, 5.74) is 6.97. The van der Waals surface area contributed by atoms with E-state index in [1.165, 1.54) is 5.56 Å². The van der Waals surface area contributed by atoms with Crippen LogP contribution in [0.5, 0.6) is 5.75 Å². The van der Waals surface area contributed by atoms with Crippen LogP contribution in [0, 0.1) is 0 Å². The van der Waals surface area contributed by atoms with Crippen LogP contribution in [0.1, 0.15) is 37.5 Å². The molecule has 21 heavy (non-hydrogen) atoms. The maximum absolute atomic E-state index is 5.80. The van der Waals surface area contributed by atoms with Crippen LogP contribution in [0.3, 0.4) is 0 Å². The first-order valence-electron chi connectivity index (χ1n) is 7.06. The summed E-state index contributed by atoms with van der Waals surface area (Å²) in [6.45, 7) is 4.33. The number of benzene rings is 1. The first-order chi connectivity index (χ1) is 10.1. The molecule has 0 saturated carbocycles. The van der Waals surface area contributed by atoms with Crippen molar-refractivity contribution in [2.75, 3.05) is 0 Å². The predicted octanol–water partition coefficient (Wildman–Crippen LogP) is 3.25. The van der Waals surface area contributed by atoms with Gasteiger partial charge in [-0.1, -0.05) is 18.1 Å². The number of aryl methyl sites for hydroxylation is 1. The van der Waals surface area contributed by atoms with Gasteiger partial charge in [-0.2, -0.15) is 4.98 Å². The molecular formula is C15H20BrN3O2. The summed E-state index contributed by atoms with van der Waals surface area (Å²) in [6, 6.07) is 6.10. The number of hydrogen-bond donors (Lipinski definition) is 1. The Bertz CT molecular complexity index is 584. The van der Waals surface area contributed by atoms with E-state index < -0.39 is 0 Å². The molecule has 0 radical (unpaired) electrons. The molecular weight excluding hydrogens is 334 g/mol. The summed E-state index contributed by atoms with van der Waals surface area (Å²) in [5.74, 6) is 1.96. The molecule has 1 unspecified atom stereocenters. The molecule has 0 bridgehead atoms. The second-order valence-corrected chi connectivity index (χ2v) is 5.94. The molecule has 1 aromatic heterocycles. The normalized spacial score (nSPS) is 12.4. The van der Waals surface area contributed by atoms with Crippen molar-refractivity contribution in [3.8, 4) is 5.75 Å². The summed E-state index contributed by atoms with van der Waals surface area (Å²) in [5, 5.41) is 3.90. The van der Waals surface area contributed by atoms with Crippen molar-refractivity contribution in [2.45, 2.75) is 45.8 Å². The quantitative estimate of drug-likeness (QED) is 0.826. The van der Waals surface area contributed by atoms with E-state index in [2.05, 4.69) is 33.0 Å². The van der Waals surface area contributed by atoms with Gasteiger partial charge in [-0.15, -0.1) is 0 Å². The molecule has 1 aromatic carbocycles. The fraction of sp³-hybridized carbons (Fsp3) is 0.467.